The summed E-state index contributed by atoms with van der Waals surface area (Å²) < 4.78 is 5.03. The van der Waals surface area contributed by atoms with E-state index in [2.05, 4.69) is 10.6 Å². The second kappa shape index (κ2) is 6.58. The minimum Gasteiger partial charge on any atom is -0.497 e. The van der Waals surface area contributed by atoms with Gasteiger partial charge in [0.2, 0.25) is 5.91 Å². The molecule has 0 radical (unpaired) electrons. The number of rotatable bonds is 6. The highest BCUT2D eigenvalue weighted by atomic mass is 16.6. The Bertz CT molecular complexity index is 476. The Morgan fingerprint density at radius 3 is 2.74 bits per heavy atom. The van der Waals surface area contributed by atoms with Crippen molar-refractivity contribution in [2.24, 2.45) is 0 Å². The summed E-state index contributed by atoms with van der Waals surface area (Å²) in [6.45, 7) is 3.61. The average Bonchev–Trinajstić information content (AvgIpc) is 2.34. The van der Waals surface area contributed by atoms with Crippen molar-refractivity contribution in [3.05, 3.63) is 28.3 Å². The molecule has 1 amide bonds. The molecule has 1 aromatic carbocycles. The second-order valence-electron chi connectivity index (χ2n) is 4.12. The van der Waals surface area contributed by atoms with Gasteiger partial charge in [-0.2, -0.15) is 0 Å². The third-order valence-corrected chi connectivity index (χ3v) is 2.45. The van der Waals surface area contributed by atoms with Gasteiger partial charge in [0.25, 0.3) is 5.69 Å². The molecule has 2 N–H and O–H groups in total. The van der Waals surface area contributed by atoms with Gasteiger partial charge in [0.05, 0.1) is 12.0 Å². The van der Waals surface area contributed by atoms with Crippen LogP contribution in [-0.4, -0.2) is 30.5 Å². The predicted molar refractivity (Wildman–Crippen MR) is 71.4 cm³/mol. The maximum Gasteiger partial charge on any atom is 0.292 e. The molecule has 0 aromatic heterocycles. The van der Waals surface area contributed by atoms with E-state index in [1.807, 2.05) is 0 Å². The lowest BCUT2D eigenvalue weighted by Gasteiger charge is -2.14. The molecule has 1 atom stereocenters. The molecular formula is C12H17N3O4. The largest absolute Gasteiger partial charge is 0.497 e. The lowest BCUT2D eigenvalue weighted by Crippen LogP contribution is -2.35. The molecule has 0 saturated heterocycles. The number of benzene rings is 1. The number of nitrogens with one attached hydrogen (secondary N) is 2. The van der Waals surface area contributed by atoms with Crippen molar-refractivity contribution < 1.29 is 14.5 Å². The van der Waals surface area contributed by atoms with Crippen LogP contribution in [0, 0.1) is 10.1 Å². The Morgan fingerprint density at radius 1 is 1.53 bits per heavy atom. The number of nitro benzene ring substituents is 1. The van der Waals surface area contributed by atoms with Crippen LogP contribution in [0.2, 0.25) is 0 Å². The normalized spacial score (nSPS) is 11.5. The molecule has 0 spiro atoms. The zero-order chi connectivity index (χ0) is 14.4. The van der Waals surface area contributed by atoms with Crippen molar-refractivity contribution in [3.63, 3.8) is 0 Å². The number of nitro groups is 1. The molecule has 0 aliphatic rings. The first kappa shape index (κ1) is 14.7. The van der Waals surface area contributed by atoms with Crippen LogP contribution < -0.4 is 15.4 Å². The SMILES string of the molecule is COc1ccc([N+](=O)[O-])c(NCC(C)NC(C)=O)c1. The van der Waals surface area contributed by atoms with Crippen LogP contribution in [-0.2, 0) is 4.79 Å². The van der Waals surface area contributed by atoms with Crippen molar-refractivity contribution >= 4 is 17.3 Å². The van der Waals surface area contributed by atoms with Crippen molar-refractivity contribution in [2.45, 2.75) is 19.9 Å². The van der Waals surface area contributed by atoms with Crippen molar-refractivity contribution in [2.75, 3.05) is 19.0 Å². The third-order valence-electron chi connectivity index (χ3n) is 2.45. The summed E-state index contributed by atoms with van der Waals surface area (Å²) in [5, 5.41) is 16.5. The first-order valence-corrected chi connectivity index (χ1v) is 5.77. The number of hydrogen-bond donors (Lipinski definition) is 2. The molecule has 0 saturated carbocycles. The first-order chi connectivity index (χ1) is 8.93. The summed E-state index contributed by atoms with van der Waals surface area (Å²) >= 11 is 0. The maximum atomic E-state index is 10.9. The number of carbonyl (C=O) groups is 1. The molecule has 0 aliphatic heterocycles. The summed E-state index contributed by atoms with van der Waals surface area (Å²) in [4.78, 5) is 21.3. The van der Waals surface area contributed by atoms with E-state index >= 15 is 0 Å². The quantitative estimate of drug-likeness (QED) is 0.602. The fraction of sp³-hybridized carbons (Fsp3) is 0.417. The monoisotopic (exact) mass is 267 g/mol. The number of hydrogen-bond acceptors (Lipinski definition) is 5. The molecule has 0 bridgehead atoms. The van der Waals surface area contributed by atoms with E-state index in [1.54, 1.807) is 13.0 Å². The van der Waals surface area contributed by atoms with Crippen molar-refractivity contribution in [1.82, 2.24) is 5.32 Å². The van der Waals surface area contributed by atoms with Gasteiger partial charge >= 0.3 is 0 Å². The number of nitrogens with zero attached hydrogens (tertiary/aromatic N) is 1. The third kappa shape index (κ3) is 4.46. The van der Waals surface area contributed by atoms with E-state index in [1.165, 1.54) is 26.2 Å². The van der Waals surface area contributed by atoms with Crippen LogP contribution in [0.3, 0.4) is 0 Å². The van der Waals surface area contributed by atoms with Crippen molar-refractivity contribution in [1.29, 1.82) is 0 Å². The van der Waals surface area contributed by atoms with Gasteiger partial charge in [0, 0.05) is 31.6 Å². The molecule has 0 fully saturated rings. The Hall–Kier alpha value is -2.31. The lowest BCUT2D eigenvalue weighted by atomic mass is 10.2. The van der Waals surface area contributed by atoms with Gasteiger partial charge in [0.15, 0.2) is 0 Å². The molecule has 7 heteroatoms. The molecule has 104 valence electrons. The van der Waals surface area contributed by atoms with E-state index in [0.717, 1.165) is 0 Å². The standard InChI is InChI=1S/C12H17N3O4/c1-8(14-9(2)16)7-13-11-6-10(19-3)4-5-12(11)15(17)18/h4-6,8,13H,7H2,1-3H3,(H,14,16). The topological polar surface area (TPSA) is 93.5 Å². The molecule has 1 aromatic rings. The molecule has 19 heavy (non-hydrogen) atoms. The van der Waals surface area contributed by atoms with Crippen LogP contribution in [0.25, 0.3) is 0 Å². The fourth-order valence-corrected chi connectivity index (χ4v) is 1.60. The summed E-state index contributed by atoms with van der Waals surface area (Å²) in [5.74, 6) is 0.384. The van der Waals surface area contributed by atoms with Gasteiger partial charge in [-0.25, -0.2) is 0 Å². The van der Waals surface area contributed by atoms with Gasteiger partial charge < -0.3 is 15.4 Å². The smallest absolute Gasteiger partial charge is 0.292 e. The zero-order valence-corrected chi connectivity index (χ0v) is 11.1. The fourth-order valence-electron chi connectivity index (χ4n) is 1.60. The molecule has 7 nitrogen and oxygen atoms in total. The molecule has 0 aliphatic carbocycles. The van der Waals surface area contributed by atoms with E-state index < -0.39 is 4.92 Å². The molecular weight excluding hydrogens is 250 g/mol. The minimum atomic E-state index is -0.467. The lowest BCUT2D eigenvalue weighted by molar-refractivity contribution is -0.384. The summed E-state index contributed by atoms with van der Waals surface area (Å²) in [6.07, 6.45) is 0. The zero-order valence-electron chi connectivity index (χ0n) is 11.1. The van der Waals surface area contributed by atoms with Crippen LogP contribution in [0.5, 0.6) is 5.75 Å². The Morgan fingerprint density at radius 2 is 2.21 bits per heavy atom. The van der Waals surface area contributed by atoms with Crippen LogP contribution >= 0.6 is 0 Å². The van der Waals surface area contributed by atoms with E-state index in [9.17, 15) is 14.9 Å². The van der Waals surface area contributed by atoms with E-state index in [-0.39, 0.29) is 17.6 Å². The van der Waals surface area contributed by atoms with Gasteiger partial charge in [0.1, 0.15) is 11.4 Å². The van der Waals surface area contributed by atoms with Crippen LogP contribution in [0.15, 0.2) is 18.2 Å². The molecule has 1 unspecified atom stereocenters. The Balaban J connectivity index is 2.80. The number of anilines is 1. The number of ether oxygens (including phenoxy) is 1. The average molecular weight is 267 g/mol. The Labute approximate surface area is 111 Å². The van der Waals surface area contributed by atoms with Gasteiger partial charge in [-0.05, 0) is 13.0 Å². The number of methoxy groups -OCH3 is 1. The van der Waals surface area contributed by atoms with Crippen molar-refractivity contribution in [3.8, 4) is 5.75 Å². The Kier molecular flexibility index (Phi) is 5.11. The highest BCUT2D eigenvalue weighted by Crippen LogP contribution is 2.28. The predicted octanol–water partition coefficient (Wildman–Crippen LogP) is 1.54. The van der Waals surface area contributed by atoms with Crippen LogP contribution in [0.1, 0.15) is 13.8 Å². The highest BCUT2D eigenvalue weighted by Gasteiger charge is 2.15. The summed E-state index contributed by atoms with van der Waals surface area (Å²) in [7, 11) is 1.49. The van der Waals surface area contributed by atoms with Gasteiger partial charge in [-0.3, -0.25) is 14.9 Å². The summed E-state index contributed by atoms with van der Waals surface area (Å²) in [6, 6.07) is 4.33. The second-order valence-corrected chi connectivity index (χ2v) is 4.12. The van der Waals surface area contributed by atoms with Crippen LogP contribution in [0.4, 0.5) is 11.4 Å². The van der Waals surface area contributed by atoms with Gasteiger partial charge in [-0.15, -0.1) is 0 Å². The van der Waals surface area contributed by atoms with E-state index in [4.69, 9.17) is 4.74 Å². The highest BCUT2D eigenvalue weighted by molar-refractivity contribution is 5.73. The van der Waals surface area contributed by atoms with Gasteiger partial charge in [-0.1, -0.05) is 0 Å². The maximum absolute atomic E-state index is 10.9. The molecule has 1 rings (SSSR count). The van der Waals surface area contributed by atoms with E-state index in [0.29, 0.717) is 18.0 Å². The molecule has 0 heterocycles. The minimum absolute atomic E-state index is 0.0316. The summed E-state index contributed by atoms with van der Waals surface area (Å²) in [5.41, 5.74) is 0.331. The number of amides is 1. The number of carbonyl (C=O) groups excluding carboxylic acids is 1. The first-order valence-electron chi connectivity index (χ1n) is 5.77.